The first kappa shape index (κ1) is 19.8. The van der Waals surface area contributed by atoms with E-state index < -0.39 is 35.8 Å². The second-order valence-electron chi connectivity index (χ2n) is 6.23. The SMILES string of the molecule is O=C(O)CCCCCCCNC(=O)C1(O)C[C@@H](O)C(O)[C@@H](O)C1. The van der Waals surface area contributed by atoms with Crippen molar-refractivity contribution in [2.24, 2.45) is 0 Å². The minimum absolute atomic E-state index is 0.167. The summed E-state index contributed by atoms with van der Waals surface area (Å²) in [6.45, 7) is 0.356. The lowest BCUT2D eigenvalue weighted by Crippen LogP contribution is -2.59. The molecule has 1 rings (SSSR count). The first-order valence-electron chi connectivity index (χ1n) is 8.03. The highest BCUT2D eigenvalue weighted by molar-refractivity contribution is 5.85. The van der Waals surface area contributed by atoms with Crippen LogP contribution in [0.3, 0.4) is 0 Å². The van der Waals surface area contributed by atoms with Crippen molar-refractivity contribution in [3.05, 3.63) is 0 Å². The van der Waals surface area contributed by atoms with Crippen molar-refractivity contribution in [1.29, 1.82) is 0 Å². The summed E-state index contributed by atoms with van der Waals surface area (Å²) in [6.07, 6.45) is -0.637. The van der Waals surface area contributed by atoms with E-state index in [0.29, 0.717) is 19.4 Å². The lowest BCUT2D eigenvalue weighted by molar-refractivity contribution is -0.172. The van der Waals surface area contributed by atoms with Crippen molar-refractivity contribution in [2.45, 2.75) is 75.3 Å². The number of unbranched alkanes of at least 4 members (excludes halogenated alkanes) is 4. The molecule has 134 valence electrons. The number of carboxylic acids is 1. The van der Waals surface area contributed by atoms with Gasteiger partial charge in [-0.25, -0.2) is 0 Å². The maximum Gasteiger partial charge on any atom is 0.303 e. The molecule has 0 heterocycles. The van der Waals surface area contributed by atoms with Crippen LogP contribution in [0, 0.1) is 0 Å². The quantitative estimate of drug-likeness (QED) is 0.301. The van der Waals surface area contributed by atoms with Gasteiger partial charge in [-0.3, -0.25) is 9.59 Å². The van der Waals surface area contributed by atoms with Crippen LogP contribution in [0.4, 0.5) is 0 Å². The average molecular weight is 333 g/mol. The molecular formula is C15H27NO7. The number of hydrogen-bond donors (Lipinski definition) is 6. The molecule has 1 saturated carbocycles. The van der Waals surface area contributed by atoms with Gasteiger partial charge in [-0.05, 0) is 12.8 Å². The van der Waals surface area contributed by atoms with Crippen molar-refractivity contribution in [3.8, 4) is 0 Å². The average Bonchev–Trinajstić information content (AvgIpc) is 2.46. The van der Waals surface area contributed by atoms with Crippen LogP contribution in [0.5, 0.6) is 0 Å². The van der Waals surface area contributed by atoms with E-state index in [-0.39, 0.29) is 19.3 Å². The standard InChI is InChI=1S/C15H27NO7/c17-10-8-15(23,9-11(18)13(10)21)14(22)16-7-5-3-1-2-4-6-12(19)20/h10-11,13,17-18,21,23H,1-9H2,(H,16,22)(H,19,20)/t10-,11+,13?,15?. The highest BCUT2D eigenvalue weighted by Gasteiger charge is 2.48. The Labute approximate surface area is 135 Å². The lowest BCUT2D eigenvalue weighted by Gasteiger charge is -2.39. The van der Waals surface area contributed by atoms with Gasteiger partial charge in [0.05, 0.1) is 12.2 Å². The molecule has 8 nitrogen and oxygen atoms in total. The van der Waals surface area contributed by atoms with Gasteiger partial charge in [0.25, 0.3) is 5.91 Å². The minimum Gasteiger partial charge on any atom is -0.481 e. The summed E-state index contributed by atoms with van der Waals surface area (Å²) in [7, 11) is 0. The van der Waals surface area contributed by atoms with Crippen LogP contribution in [0.1, 0.15) is 51.4 Å². The number of carboxylic acid groups (broad SMARTS) is 1. The summed E-state index contributed by atoms with van der Waals surface area (Å²) in [6, 6.07) is 0. The van der Waals surface area contributed by atoms with Crippen LogP contribution in [-0.2, 0) is 9.59 Å². The van der Waals surface area contributed by atoms with Gasteiger partial charge in [0.1, 0.15) is 11.7 Å². The zero-order valence-electron chi connectivity index (χ0n) is 13.1. The number of amides is 1. The van der Waals surface area contributed by atoms with E-state index in [2.05, 4.69) is 5.32 Å². The van der Waals surface area contributed by atoms with Crippen LogP contribution in [0.25, 0.3) is 0 Å². The maximum atomic E-state index is 12.0. The highest BCUT2D eigenvalue weighted by Crippen LogP contribution is 2.29. The minimum atomic E-state index is -1.88. The third-order valence-electron chi connectivity index (χ3n) is 4.16. The van der Waals surface area contributed by atoms with Crippen molar-refractivity contribution < 1.29 is 35.1 Å². The molecule has 23 heavy (non-hydrogen) atoms. The van der Waals surface area contributed by atoms with Gasteiger partial charge < -0.3 is 30.8 Å². The Kier molecular flexibility index (Phi) is 7.90. The predicted molar refractivity (Wildman–Crippen MR) is 80.6 cm³/mol. The zero-order chi connectivity index (χ0) is 17.5. The number of carbonyl (C=O) groups is 2. The summed E-state index contributed by atoms with van der Waals surface area (Å²) in [5.74, 6) is -1.46. The number of hydrogen-bond acceptors (Lipinski definition) is 6. The normalized spacial score (nSPS) is 30.9. The molecular weight excluding hydrogens is 306 g/mol. The fourth-order valence-corrected chi connectivity index (χ4v) is 2.76. The number of rotatable bonds is 9. The Bertz CT molecular complexity index is 389. The Morgan fingerprint density at radius 1 is 0.957 bits per heavy atom. The van der Waals surface area contributed by atoms with Gasteiger partial charge in [0.2, 0.25) is 0 Å². The molecule has 0 saturated heterocycles. The van der Waals surface area contributed by atoms with Crippen LogP contribution in [-0.4, -0.2) is 67.9 Å². The number of aliphatic hydroxyl groups is 4. The van der Waals surface area contributed by atoms with E-state index in [1.807, 2.05) is 0 Å². The molecule has 1 fully saturated rings. The van der Waals surface area contributed by atoms with Gasteiger partial charge in [-0.1, -0.05) is 19.3 Å². The van der Waals surface area contributed by atoms with Gasteiger partial charge in [0.15, 0.2) is 0 Å². The van der Waals surface area contributed by atoms with Crippen molar-refractivity contribution in [1.82, 2.24) is 5.32 Å². The smallest absolute Gasteiger partial charge is 0.303 e. The van der Waals surface area contributed by atoms with Crippen molar-refractivity contribution in [2.75, 3.05) is 6.54 Å². The maximum absolute atomic E-state index is 12.0. The van der Waals surface area contributed by atoms with Crippen LogP contribution >= 0.6 is 0 Å². The topological polar surface area (TPSA) is 147 Å². The number of carbonyl (C=O) groups excluding carboxylic acids is 1. The van der Waals surface area contributed by atoms with Crippen LogP contribution < -0.4 is 5.32 Å². The van der Waals surface area contributed by atoms with E-state index in [1.54, 1.807) is 0 Å². The zero-order valence-corrected chi connectivity index (χ0v) is 13.1. The largest absolute Gasteiger partial charge is 0.481 e. The number of aliphatic carboxylic acids is 1. The molecule has 0 aliphatic heterocycles. The summed E-state index contributed by atoms with van der Waals surface area (Å²) in [5.41, 5.74) is -1.88. The monoisotopic (exact) mass is 333 g/mol. The molecule has 1 aliphatic carbocycles. The molecule has 0 aromatic heterocycles. The number of aliphatic hydroxyl groups excluding tert-OH is 3. The van der Waals surface area contributed by atoms with Gasteiger partial charge in [0, 0.05) is 25.8 Å². The van der Waals surface area contributed by atoms with E-state index in [4.69, 9.17) is 5.11 Å². The second-order valence-corrected chi connectivity index (χ2v) is 6.23. The molecule has 0 bridgehead atoms. The third kappa shape index (κ3) is 6.42. The summed E-state index contributed by atoms with van der Waals surface area (Å²) >= 11 is 0. The molecule has 8 heteroatoms. The van der Waals surface area contributed by atoms with Crippen LogP contribution in [0.2, 0.25) is 0 Å². The fraction of sp³-hybridized carbons (Fsp3) is 0.867. The summed E-state index contributed by atoms with van der Waals surface area (Å²) in [5, 5.41) is 49.9. The molecule has 1 aliphatic rings. The molecule has 0 aromatic carbocycles. The molecule has 1 amide bonds. The van der Waals surface area contributed by atoms with Gasteiger partial charge in [-0.2, -0.15) is 0 Å². The number of nitrogens with one attached hydrogen (secondary N) is 1. The van der Waals surface area contributed by atoms with E-state index in [1.165, 1.54) is 0 Å². The molecule has 0 aromatic rings. The Morgan fingerprint density at radius 3 is 2.04 bits per heavy atom. The highest BCUT2D eigenvalue weighted by atomic mass is 16.4. The third-order valence-corrected chi connectivity index (χ3v) is 4.16. The first-order chi connectivity index (χ1) is 10.8. The van der Waals surface area contributed by atoms with E-state index >= 15 is 0 Å². The van der Waals surface area contributed by atoms with Gasteiger partial charge in [-0.15, -0.1) is 0 Å². The van der Waals surface area contributed by atoms with Crippen molar-refractivity contribution >= 4 is 11.9 Å². The molecule has 4 atom stereocenters. The first-order valence-corrected chi connectivity index (χ1v) is 8.03. The Morgan fingerprint density at radius 2 is 1.48 bits per heavy atom. The molecule has 0 radical (unpaired) electrons. The lowest BCUT2D eigenvalue weighted by atomic mass is 9.79. The second kappa shape index (κ2) is 9.17. The van der Waals surface area contributed by atoms with E-state index in [0.717, 1.165) is 19.3 Å². The molecule has 0 spiro atoms. The summed E-state index contributed by atoms with van der Waals surface area (Å²) < 4.78 is 0. The van der Waals surface area contributed by atoms with Crippen LogP contribution in [0.15, 0.2) is 0 Å². The Balaban J connectivity index is 2.20. The van der Waals surface area contributed by atoms with Gasteiger partial charge >= 0.3 is 5.97 Å². The van der Waals surface area contributed by atoms with E-state index in [9.17, 15) is 30.0 Å². The predicted octanol–water partition coefficient (Wildman–Crippen LogP) is -0.865. The molecule has 6 N–H and O–H groups in total. The molecule has 2 unspecified atom stereocenters. The van der Waals surface area contributed by atoms with Crippen molar-refractivity contribution in [3.63, 3.8) is 0 Å². The summed E-state index contributed by atoms with van der Waals surface area (Å²) in [4.78, 5) is 22.3. The Hall–Kier alpha value is -1.22. The fourth-order valence-electron chi connectivity index (χ4n) is 2.76.